The Labute approximate surface area is 169 Å². The van der Waals surface area contributed by atoms with Crippen molar-refractivity contribution in [2.75, 3.05) is 24.2 Å². The van der Waals surface area contributed by atoms with E-state index in [-0.39, 0.29) is 18.5 Å². The highest BCUT2D eigenvalue weighted by Crippen LogP contribution is 2.49. The molecule has 2 heterocycles. The van der Waals surface area contributed by atoms with Gasteiger partial charge in [-0.1, -0.05) is 36.4 Å². The first-order valence-electron chi connectivity index (χ1n) is 9.47. The van der Waals surface area contributed by atoms with E-state index in [0.29, 0.717) is 13.1 Å². The zero-order valence-electron chi connectivity index (χ0n) is 15.8. The number of aliphatic hydroxyl groups excluding tert-OH is 2. The van der Waals surface area contributed by atoms with E-state index in [2.05, 4.69) is 47.0 Å². The summed E-state index contributed by atoms with van der Waals surface area (Å²) in [5.41, 5.74) is 13.6. The molecule has 1 unspecified atom stereocenters. The molecular formula is C22H25N3O2S. The molecule has 0 saturated heterocycles. The number of allylic oxidation sites excluding steroid dienone is 1. The van der Waals surface area contributed by atoms with Crippen molar-refractivity contribution >= 4 is 23.0 Å². The van der Waals surface area contributed by atoms with Gasteiger partial charge in [0, 0.05) is 41.7 Å². The van der Waals surface area contributed by atoms with Crippen molar-refractivity contribution in [1.82, 2.24) is 5.32 Å². The lowest BCUT2D eigenvalue weighted by molar-refractivity contribution is 0.292. The molecule has 0 radical (unpaired) electrons. The number of nitrogens with one attached hydrogen (secondary N) is 2. The number of nitrogens with two attached hydrogens (primary N) is 1. The van der Waals surface area contributed by atoms with Crippen molar-refractivity contribution in [3.8, 4) is 11.1 Å². The number of hydrogen-bond donors (Lipinski definition) is 5. The normalized spacial score (nSPS) is 16.3. The molecule has 2 aliphatic rings. The maximum Gasteiger partial charge on any atom is 0.203 e. The molecule has 4 rings (SSSR count). The molecule has 2 aromatic rings. The van der Waals surface area contributed by atoms with E-state index in [9.17, 15) is 5.11 Å². The van der Waals surface area contributed by atoms with Crippen LogP contribution in [0, 0.1) is 0 Å². The van der Waals surface area contributed by atoms with E-state index in [0.717, 1.165) is 49.7 Å². The smallest absolute Gasteiger partial charge is 0.203 e. The monoisotopic (exact) mass is 395 g/mol. The quantitative estimate of drug-likeness (QED) is 0.479. The van der Waals surface area contributed by atoms with E-state index in [4.69, 9.17) is 10.8 Å². The molecule has 0 aromatic heterocycles. The second-order valence-corrected chi connectivity index (χ2v) is 8.10. The standard InChI is InChI=1S/C22H25N3O2S/c1-13(23)14-2-4-15(5-3-14)19-16(12-24-9-10-26)6-7-18-20(19)17-8-11-28-21(17)22(27)25-18/h2-8,13,24-27H,9-12,23H2,1H3. The Bertz CT molecular complexity index is 949. The molecule has 2 aromatic carbocycles. The van der Waals surface area contributed by atoms with Crippen LogP contribution < -0.4 is 16.4 Å². The van der Waals surface area contributed by atoms with Crippen LogP contribution in [0.4, 0.5) is 5.69 Å². The summed E-state index contributed by atoms with van der Waals surface area (Å²) in [6.07, 6.45) is 2.18. The van der Waals surface area contributed by atoms with Gasteiger partial charge in [-0.15, -0.1) is 11.8 Å². The van der Waals surface area contributed by atoms with Gasteiger partial charge in [0.25, 0.3) is 0 Å². The third-order valence-electron chi connectivity index (χ3n) is 5.12. The molecule has 146 valence electrons. The van der Waals surface area contributed by atoms with Gasteiger partial charge in [-0.2, -0.15) is 0 Å². The number of fused-ring (bicyclic) bond motifs is 3. The summed E-state index contributed by atoms with van der Waals surface area (Å²) in [5, 5.41) is 26.0. The van der Waals surface area contributed by atoms with Gasteiger partial charge < -0.3 is 26.6 Å². The maximum absolute atomic E-state index is 10.4. The van der Waals surface area contributed by atoms with E-state index in [1.165, 1.54) is 0 Å². The average molecular weight is 396 g/mol. The zero-order valence-corrected chi connectivity index (χ0v) is 16.6. The van der Waals surface area contributed by atoms with Gasteiger partial charge in [0.05, 0.1) is 11.5 Å². The summed E-state index contributed by atoms with van der Waals surface area (Å²) in [4.78, 5) is 0.904. The van der Waals surface area contributed by atoms with Crippen LogP contribution in [0.2, 0.25) is 0 Å². The van der Waals surface area contributed by atoms with Crippen molar-refractivity contribution in [2.45, 2.75) is 19.5 Å². The topological polar surface area (TPSA) is 90.5 Å². The first-order valence-corrected chi connectivity index (χ1v) is 10.5. The summed E-state index contributed by atoms with van der Waals surface area (Å²) in [6.45, 7) is 3.29. The van der Waals surface area contributed by atoms with E-state index < -0.39 is 0 Å². The molecular weight excluding hydrogens is 370 g/mol. The van der Waals surface area contributed by atoms with Gasteiger partial charge in [-0.25, -0.2) is 0 Å². The molecule has 0 fully saturated rings. The number of anilines is 1. The largest absolute Gasteiger partial charge is 0.494 e. The van der Waals surface area contributed by atoms with Gasteiger partial charge in [0.1, 0.15) is 0 Å². The lowest BCUT2D eigenvalue weighted by Gasteiger charge is -2.26. The van der Waals surface area contributed by atoms with Crippen LogP contribution in [0.5, 0.6) is 0 Å². The van der Waals surface area contributed by atoms with Gasteiger partial charge in [-0.3, -0.25) is 0 Å². The first kappa shape index (κ1) is 19.1. The lowest BCUT2D eigenvalue weighted by Crippen LogP contribution is -2.19. The van der Waals surface area contributed by atoms with Crippen LogP contribution in [0.15, 0.2) is 53.3 Å². The fourth-order valence-electron chi connectivity index (χ4n) is 3.74. The van der Waals surface area contributed by atoms with Gasteiger partial charge in [0.2, 0.25) is 5.88 Å². The van der Waals surface area contributed by atoms with Gasteiger partial charge in [0.15, 0.2) is 0 Å². The number of rotatable bonds is 6. The summed E-state index contributed by atoms with van der Waals surface area (Å²) >= 11 is 1.64. The Morgan fingerprint density at radius 3 is 2.68 bits per heavy atom. The predicted molar refractivity (Wildman–Crippen MR) is 117 cm³/mol. The van der Waals surface area contributed by atoms with Crippen LogP contribution >= 0.6 is 11.8 Å². The molecule has 5 nitrogen and oxygen atoms in total. The van der Waals surface area contributed by atoms with Crippen LogP contribution in [-0.4, -0.2) is 29.1 Å². The highest BCUT2D eigenvalue weighted by molar-refractivity contribution is 8.04. The van der Waals surface area contributed by atoms with Gasteiger partial charge >= 0.3 is 0 Å². The van der Waals surface area contributed by atoms with Crippen molar-refractivity contribution in [1.29, 1.82) is 0 Å². The van der Waals surface area contributed by atoms with E-state index >= 15 is 0 Å². The number of aliphatic hydroxyl groups is 2. The zero-order chi connectivity index (χ0) is 19.7. The maximum atomic E-state index is 10.4. The van der Waals surface area contributed by atoms with Crippen molar-refractivity contribution in [2.24, 2.45) is 5.73 Å². The number of hydrogen-bond acceptors (Lipinski definition) is 6. The van der Waals surface area contributed by atoms with Crippen LogP contribution in [0.3, 0.4) is 0 Å². The summed E-state index contributed by atoms with van der Waals surface area (Å²) < 4.78 is 0. The molecule has 0 spiro atoms. The second kappa shape index (κ2) is 8.01. The molecule has 1 atom stereocenters. The molecule has 6 heteroatoms. The fraction of sp³-hybridized carbons (Fsp3) is 0.273. The van der Waals surface area contributed by atoms with Crippen LogP contribution in [0.1, 0.15) is 29.7 Å². The lowest BCUT2D eigenvalue weighted by atomic mass is 9.86. The third kappa shape index (κ3) is 3.44. The number of thioether (sulfide) groups is 1. The Morgan fingerprint density at radius 1 is 1.18 bits per heavy atom. The molecule has 0 amide bonds. The Kier molecular flexibility index (Phi) is 5.46. The summed E-state index contributed by atoms with van der Waals surface area (Å²) in [7, 11) is 0. The van der Waals surface area contributed by atoms with E-state index in [1.807, 2.05) is 13.0 Å². The van der Waals surface area contributed by atoms with Crippen molar-refractivity contribution in [3.63, 3.8) is 0 Å². The Morgan fingerprint density at radius 2 is 1.96 bits per heavy atom. The van der Waals surface area contributed by atoms with Crippen LogP contribution in [0.25, 0.3) is 16.7 Å². The minimum absolute atomic E-state index is 0.00785. The molecule has 0 aliphatic carbocycles. The van der Waals surface area contributed by atoms with Crippen molar-refractivity contribution < 1.29 is 10.2 Å². The van der Waals surface area contributed by atoms with Crippen LogP contribution in [-0.2, 0) is 6.54 Å². The van der Waals surface area contributed by atoms with E-state index in [1.54, 1.807) is 11.8 Å². The number of benzene rings is 2. The van der Waals surface area contributed by atoms with Crippen molar-refractivity contribution in [3.05, 3.63) is 70.0 Å². The molecule has 2 aliphatic heterocycles. The highest BCUT2D eigenvalue weighted by atomic mass is 32.2. The SMILES string of the molecule is CC(N)c1ccc(-c2c(CNCCO)ccc3c2C2=CCSC2=C(O)N3)cc1. The highest BCUT2D eigenvalue weighted by Gasteiger charge is 2.29. The predicted octanol–water partition coefficient (Wildman–Crippen LogP) is 3.74. The first-order chi connectivity index (χ1) is 13.6. The minimum Gasteiger partial charge on any atom is -0.494 e. The molecule has 0 bridgehead atoms. The average Bonchev–Trinajstić information content (AvgIpc) is 3.19. The Hall–Kier alpha value is -2.25. The second-order valence-electron chi connectivity index (χ2n) is 7.06. The minimum atomic E-state index is -0.00785. The summed E-state index contributed by atoms with van der Waals surface area (Å²) in [6, 6.07) is 12.5. The Balaban J connectivity index is 1.86. The fourth-order valence-corrected chi connectivity index (χ4v) is 4.68. The molecule has 6 N–H and O–H groups in total. The summed E-state index contributed by atoms with van der Waals surface area (Å²) in [5.74, 6) is 1.08. The third-order valence-corrected chi connectivity index (χ3v) is 6.15. The van der Waals surface area contributed by atoms with Gasteiger partial charge in [-0.05, 0) is 35.2 Å². The molecule has 0 saturated carbocycles. The molecule has 28 heavy (non-hydrogen) atoms.